The molecule has 0 unspecified atom stereocenters. The molecule has 3 heterocycles. The molecule has 0 amide bonds. The van der Waals surface area contributed by atoms with E-state index in [0.717, 1.165) is 34.6 Å². The average molecular weight is 646 g/mol. The number of benzene rings is 2. The summed E-state index contributed by atoms with van der Waals surface area (Å²) in [6.45, 7) is 8.88. The van der Waals surface area contributed by atoms with Crippen molar-refractivity contribution in [3.8, 4) is 22.6 Å². The van der Waals surface area contributed by atoms with Crippen LogP contribution in [0, 0.1) is 49.4 Å². The molecule has 9 heteroatoms. The van der Waals surface area contributed by atoms with Crippen LogP contribution >= 0.6 is 0 Å². The summed E-state index contributed by atoms with van der Waals surface area (Å²) >= 11 is 0. The normalized spacial score (nSPS) is 9.66. The summed E-state index contributed by atoms with van der Waals surface area (Å²) in [6.07, 6.45) is 8.91. The quantitative estimate of drug-likeness (QED) is 0.247. The molecule has 0 radical (unpaired) electrons. The SMILES string of the molecule is Cc1cc(C)c(-n2cccn2)[c-]c1-n1cccn1.Fc1c[c-]c(-c2ccccn2)c(F)c1.[C-]#N.[Ir+3]. The van der Waals surface area contributed by atoms with E-state index in [1.165, 1.54) is 0 Å². The van der Waals surface area contributed by atoms with Crippen molar-refractivity contribution < 1.29 is 28.9 Å². The molecular weight excluding hydrogens is 627 g/mol. The molecule has 0 spiro atoms. The van der Waals surface area contributed by atoms with Gasteiger partial charge in [-0.25, -0.2) is 0 Å². The Morgan fingerprint density at radius 3 is 1.91 bits per heavy atom. The fourth-order valence-corrected chi connectivity index (χ4v) is 3.20. The molecular formula is C26H19F2IrN6. The molecule has 5 aromatic rings. The summed E-state index contributed by atoms with van der Waals surface area (Å²) in [5, 5.41) is 14.8. The van der Waals surface area contributed by atoms with Gasteiger partial charge in [0.05, 0.1) is 0 Å². The first-order valence-electron chi connectivity index (χ1n) is 10.1. The molecule has 0 aliphatic carbocycles. The van der Waals surface area contributed by atoms with E-state index in [2.05, 4.69) is 47.2 Å². The van der Waals surface area contributed by atoms with Crippen molar-refractivity contribution in [3.63, 3.8) is 0 Å². The van der Waals surface area contributed by atoms with Crippen LogP contribution in [0.4, 0.5) is 8.78 Å². The predicted molar refractivity (Wildman–Crippen MR) is 122 cm³/mol. The van der Waals surface area contributed by atoms with E-state index in [-0.39, 0.29) is 25.7 Å². The minimum absolute atomic E-state index is 0. The topological polar surface area (TPSA) is 72.3 Å². The molecule has 0 N–H and O–H groups in total. The van der Waals surface area contributed by atoms with E-state index >= 15 is 0 Å². The molecule has 176 valence electrons. The smallest absolute Gasteiger partial charge is 0.512 e. The summed E-state index contributed by atoms with van der Waals surface area (Å²) in [6, 6.07) is 18.9. The van der Waals surface area contributed by atoms with E-state index in [1.54, 1.807) is 36.8 Å². The Morgan fingerprint density at radius 1 is 0.857 bits per heavy atom. The van der Waals surface area contributed by atoms with Crippen molar-refractivity contribution in [2.24, 2.45) is 0 Å². The summed E-state index contributed by atoms with van der Waals surface area (Å²) in [5.74, 6) is -1.29. The maximum atomic E-state index is 13.2. The van der Waals surface area contributed by atoms with Crippen LogP contribution in [0.25, 0.3) is 22.6 Å². The fourth-order valence-electron chi connectivity index (χ4n) is 3.20. The van der Waals surface area contributed by atoms with Crippen LogP contribution in [-0.4, -0.2) is 24.5 Å². The van der Waals surface area contributed by atoms with Crippen molar-refractivity contribution in [2.45, 2.75) is 13.8 Å². The zero-order valence-corrected chi connectivity index (χ0v) is 21.2. The maximum absolute atomic E-state index is 13.2. The van der Waals surface area contributed by atoms with Crippen LogP contribution in [-0.2, 0) is 20.1 Å². The molecule has 6 nitrogen and oxygen atoms in total. The first kappa shape index (κ1) is 27.3. The van der Waals surface area contributed by atoms with Crippen LogP contribution in [0.1, 0.15) is 11.1 Å². The minimum Gasteiger partial charge on any atom is -0.512 e. The van der Waals surface area contributed by atoms with Gasteiger partial charge in [-0.15, -0.1) is 29.3 Å². The zero-order chi connectivity index (χ0) is 24.5. The van der Waals surface area contributed by atoms with Gasteiger partial charge in [0, 0.05) is 42.6 Å². The fraction of sp³-hybridized carbons (Fsp3) is 0.0769. The maximum Gasteiger partial charge on any atom is 3.00 e. The monoisotopic (exact) mass is 646 g/mol. The third kappa shape index (κ3) is 6.76. The van der Waals surface area contributed by atoms with E-state index in [1.807, 2.05) is 33.9 Å². The molecule has 0 bridgehead atoms. The van der Waals surface area contributed by atoms with Crippen molar-refractivity contribution in [1.82, 2.24) is 24.5 Å². The number of hydrogen-bond donors (Lipinski definition) is 0. The number of aromatic nitrogens is 5. The molecule has 0 aliphatic heterocycles. The molecule has 0 fully saturated rings. The van der Waals surface area contributed by atoms with Crippen molar-refractivity contribution in [3.05, 3.63) is 121 Å². The summed E-state index contributed by atoms with van der Waals surface area (Å²) < 4.78 is 29.4. The van der Waals surface area contributed by atoms with E-state index in [9.17, 15) is 8.78 Å². The van der Waals surface area contributed by atoms with Gasteiger partial charge >= 0.3 is 20.1 Å². The number of hydrogen-bond acceptors (Lipinski definition) is 4. The first-order valence-corrected chi connectivity index (χ1v) is 10.1. The Bertz CT molecular complexity index is 1300. The average Bonchev–Trinajstić information content (AvgIpc) is 3.57. The van der Waals surface area contributed by atoms with Crippen LogP contribution < -0.4 is 0 Å². The van der Waals surface area contributed by atoms with Gasteiger partial charge in [0.25, 0.3) is 0 Å². The third-order valence-electron chi connectivity index (χ3n) is 4.66. The summed E-state index contributed by atoms with van der Waals surface area (Å²) in [5.41, 5.74) is 4.84. The zero-order valence-electron chi connectivity index (χ0n) is 18.8. The predicted octanol–water partition coefficient (Wildman–Crippen LogP) is 5.40. The molecule has 0 saturated heterocycles. The Balaban J connectivity index is 0.000000231. The van der Waals surface area contributed by atoms with Gasteiger partial charge in [-0.3, -0.25) is 18.1 Å². The van der Waals surface area contributed by atoms with Gasteiger partial charge < -0.3 is 16.8 Å². The number of rotatable bonds is 3. The number of aryl methyl sites for hydroxylation is 2. The van der Waals surface area contributed by atoms with Crippen molar-refractivity contribution in [1.29, 1.82) is 5.26 Å². The standard InChI is InChI=1S/C14H13N4.C11H6F2N.CN.Ir/c1-11-9-12(2)14(18-8-4-6-16-18)10-13(11)17-7-3-5-15-17;12-8-4-5-9(10(13)7-8)11-3-1-2-6-14-11;1-2;/h3-9H,1-2H3;1-4,6-7H;;/q3*-1;+3. The molecule has 0 saturated carbocycles. The van der Waals surface area contributed by atoms with Crippen LogP contribution in [0.2, 0.25) is 0 Å². The van der Waals surface area contributed by atoms with Gasteiger partial charge in [0.1, 0.15) is 0 Å². The van der Waals surface area contributed by atoms with Gasteiger partial charge in [-0.1, -0.05) is 37.6 Å². The van der Waals surface area contributed by atoms with Gasteiger partial charge in [0.2, 0.25) is 0 Å². The molecule has 2 aromatic carbocycles. The second-order valence-corrected chi connectivity index (χ2v) is 6.99. The second kappa shape index (κ2) is 13.0. The third-order valence-corrected chi connectivity index (χ3v) is 4.66. The summed E-state index contributed by atoms with van der Waals surface area (Å²) in [4.78, 5) is 3.95. The summed E-state index contributed by atoms with van der Waals surface area (Å²) in [7, 11) is 0. The van der Waals surface area contributed by atoms with E-state index in [4.69, 9.17) is 11.8 Å². The molecule has 0 aliphatic rings. The first-order chi connectivity index (χ1) is 16.5. The molecule has 5 rings (SSSR count). The van der Waals surface area contributed by atoms with Crippen LogP contribution in [0.15, 0.2) is 79.5 Å². The number of halogens is 2. The second-order valence-electron chi connectivity index (χ2n) is 6.99. The Kier molecular flexibility index (Phi) is 10.2. The van der Waals surface area contributed by atoms with E-state index < -0.39 is 11.6 Å². The minimum atomic E-state index is -0.649. The Labute approximate surface area is 215 Å². The van der Waals surface area contributed by atoms with Gasteiger partial charge in [-0.2, -0.15) is 16.3 Å². The molecule has 3 aromatic heterocycles. The Hall–Kier alpha value is -3.99. The van der Waals surface area contributed by atoms with Crippen molar-refractivity contribution >= 4 is 0 Å². The van der Waals surface area contributed by atoms with Crippen molar-refractivity contribution in [2.75, 3.05) is 0 Å². The van der Waals surface area contributed by atoms with Crippen LogP contribution in [0.5, 0.6) is 0 Å². The van der Waals surface area contributed by atoms with Gasteiger partial charge in [0.15, 0.2) is 0 Å². The van der Waals surface area contributed by atoms with E-state index in [0.29, 0.717) is 5.69 Å². The number of pyridine rings is 1. The van der Waals surface area contributed by atoms with Gasteiger partial charge in [-0.05, 0) is 35.3 Å². The molecule has 35 heavy (non-hydrogen) atoms. The Morgan fingerprint density at radius 2 is 1.46 bits per heavy atom. The molecule has 0 atom stereocenters. The largest absolute Gasteiger partial charge is 3.00 e. The number of nitrogens with zero attached hydrogens (tertiary/aromatic N) is 6. The van der Waals surface area contributed by atoms with Crippen LogP contribution in [0.3, 0.4) is 0 Å².